The second kappa shape index (κ2) is 7.60. The number of nitrogens with two attached hydrogens (primary N) is 1. The fraction of sp³-hybridized carbons (Fsp3) is 0.429. The lowest BCUT2D eigenvalue weighted by Crippen LogP contribution is -2.55. The van der Waals surface area contributed by atoms with E-state index in [1.807, 2.05) is 10.2 Å². The van der Waals surface area contributed by atoms with E-state index in [4.69, 9.17) is 5.73 Å². The number of carbonyl (C=O) groups excluding carboxylic acids is 2. The molecule has 8 nitrogen and oxygen atoms in total. The third kappa shape index (κ3) is 4.32. The minimum Gasteiger partial charge on any atom is -0.351 e. The van der Waals surface area contributed by atoms with Gasteiger partial charge < -0.3 is 5.73 Å². The largest absolute Gasteiger partial charge is 0.351 e. The third-order valence-corrected chi connectivity index (χ3v) is 6.27. The van der Waals surface area contributed by atoms with E-state index in [2.05, 4.69) is 15.9 Å². The number of hydrogen-bond acceptors (Lipinski definition) is 5. The van der Waals surface area contributed by atoms with Crippen LogP contribution in [-0.4, -0.2) is 61.8 Å². The summed E-state index contributed by atoms with van der Waals surface area (Å²) < 4.78 is 27.4. The minimum absolute atomic E-state index is 0.227. The summed E-state index contributed by atoms with van der Waals surface area (Å²) in [5.74, 6) is -0.495. The summed E-state index contributed by atoms with van der Waals surface area (Å²) in [6.07, 6.45) is 0. The molecule has 0 spiro atoms. The average molecular weight is 419 g/mol. The molecule has 0 aromatic heterocycles. The first-order valence-corrected chi connectivity index (χ1v) is 9.55. The molecular weight excluding hydrogens is 400 g/mol. The Hall–Kier alpha value is -1.49. The van der Waals surface area contributed by atoms with Gasteiger partial charge in [-0.05, 0) is 25.1 Å². The van der Waals surface area contributed by atoms with Crippen molar-refractivity contribution in [1.82, 2.24) is 14.5 Å². The van der Waals surface area contributed by atoms with Gasteiger partial charge in [0.25, 0.3) is 0 Å². The zero-order valence-electron chi connectivity index (χ0n) is 13.1. The number of halogens is 1. The van der Waals surface area contributed by atoms with Crippen molar-refractivity contribution in [1.29, 1.82) is 0 Å². The lowest BCUT2D eigenvalue weighted by atomic mass is 10.2. The Labute approximate surface area is 149 Å². The van der Waals surface area contributed by atoms with Gasteiger partial charge in [-0.2, -0.15) is 4.31 Å². The van der Waals surface area contributed by atoms with Crippen molar-refractivity contribution >= 4 is 37.9 Å². The van der Waals surface area contributed by atoms with Crippen molar-refractivity contribution in [3.05, 3.63) is 28.7 Å². The number of nitrogens with one attached hydrogen (secondary N) is 1. The maximum Gasteiger partial charge on any atom is 0.318 e. The molecule has 1 heterocycles. The number of rotatable bonds is 4. The monoisotopic (exact) mass is 418 g/mol. The first-order valence-electron chi connectivity index (χ1n) is 7.32. The molecule has 1 aromatic carbocycles. The van der Waals surface area contributed by atoms with E-state index >= 15 is 0 Å². The number of imide groups is 1. The number of amides is 3. The Morgan fingerprint density at radius 1 is 1.25 bits per heavy atom. The highest BCUT2D eigenvalue weighted by Crippen LogP contribution is 2.21. The summed E-state index contributed by atoms with van der Waals surface area (Å²) in [6.45, 7) is 2.96. The first kappa shape index (κ1) is 18.8. The Bertz CT molecular complexity index is 732. The van der Waals surface area contributed by atoms with Crippen LogP contribution in [0.25, 0.3) is 0 Å². The molecule has 0 saturated carbocycles. The third-order valence-electron chi connectivity index (χ3n) is 3.88. The molecule has 3 N–H and O–H groups in total. The molecule has 24 heavy (non-hydrogen) atoms. The Morgan fingerprint density at radius 2 is 1.88 bits per heavy atom. The van der Waals surface area contributed by atoms with Crippen molar-refractivity contribution < 1.29 is 18.0 Å². The van der Waals surface area contributed by atoms with E-state index in [1.165, 1.54) is 4.31 Å². The molecule has 1 aliphatic rings. The number of urea groups is 1. The number of primary amides is 1. The normalized spacial score (nSPS) is 18.1. The van der Waals surface area contributed by atoms with Gasteiger partial charge in [0.1, 0.15) is 0 Å². The molecule has 10 heteroatoms. The molecule has 1 saturated heterocycles. The highest BCUT2D eigenvalue weighted by atomic mass is 79.9. The number of sulfonamides is 1. The fourth-order valence-electron chi connectivity index (χ4n) is 2.50. The zero-order chi connectivity index (χ0) is 17.9. The minimum atomic E-state index is -3.57. The van der Waals surface area contributed by atoms with Gasteiger partial charge in [0, 0.05) is 30.7 Å². The molecule has 1 unspecified atom stereocenters. The molecule has 1 atom stereocenters. The standard InChI is InChI=1S/C14H19BrN4O4S/c1-10(13(20)17-14(16)21)18-5-7-19(8-6-18)24(22,23)12-4-2-3-11(15)9-12/h2-4,9-10H,5-8H2,1H3,(H3,16,17,20,21). The van der Waals surface area contributed by atoms with Crippen molar-refractivity contribution in [3.63, 3.8) is 0 Å². The van der Waals surface area contributed by atoms with Crippen LogP contribution in [0.4, 0.5) is 4.79 Å². The highest BCUT2D eigenvalue weighted by Gasteiger charge is 2.32. The number of piperazine rings is 1. The molecule has 3 amide bonds. The molecule has 0 radical (unpaired) electrons. The maximum absolute atomic E-state index is 12.6. The van der Waals surface area contributed by atoms with E-state index in [9.17, 15) is 18.0 Å². The number of hydrogen-bond donors (Lipinski definition) is 2. The van der Waals surface area contributed by atoms with Crippen LogP contribution in [0.1, 0.15) is 6.92 Å². The smallest absolute Gasteiger partial charge is 0.318 e. The number of benzene rings is 1. The van der Waals surface area contributed by atoms with Gasteiger partial charge in [-0.3, -0.25) is 15.0 Å². The molecule has 1 aromatic rings. The van der Waals surface area contributed by atoms with Crippen LogP contribution in [0.2, 0.25) is 0 Å². The van der Waals surface area contributed by atoms with Crippen LogP contribution in [0, 0.1) is 0 Å². The van der Waals surface area contributed by atoms with E-state index in [-0.39, 0.29) is 18.0 Å². The van der Waals surface area contributed by atoms with Gasteiger partial charge in [0.05, 0.1) is 10.9 Å². The van der Waals surface area contributed by atoms with Crippen LogP contribution in [0.5, 0.6) is 0 Å². The molecule has 132 valence electrons. The van der Waals surface area contributed by atoms with Crippen molar-refractivity contribution in [2.24, 2.45) is 5.73 Å². The van der Waals surface area contributed by atoms with Crippen LogP contribution in [0.15, 0.2) is 33.6 Å². The Kier molecular flexibility index (Phi) is 5.97. The van der Waals surface area contributed by atoms with Crippen LogP contribution in [0.3, 0.4) is 0 Å². The summed E-state index contributed by atoms with van der Waals surface area (Å²) in [5, 5.41) is 2.03. The van der Waals surface area contributed by atoms with Gasteiger partial charge in [-0.25, -0.2) is 13.2 Å². The summed E-state index contributed by atoms with van der Waals surface area (Å²) in [5.41, 5.74) is 4.94. The lowest BCUT2D eigenvalue weighted by Gasteiger charge is -2.36. The zero-order valence-corrected chi connectivity index (χ0v) is 15.5. The first-order chi connectivity index (χ1) is 11.2. The summed E-state index contributed by atoms with van der Waals surface area (Å²) in [7, 11) is -3.57. The molecule has 0 aliphatic carbocycles. The molecular formula is C14H19BrN4O4S. The number of nitrogens with zero attached hydrogens (tertiary/aromatic N) is 2. The van der Waals surface area contributed by atoms with Gasteiger partial charge in [0.15, 0.2) is 0 Å². The van der Waals surface area contributed by atoms with Crippen LogP contribution in [-0.2, 0) is 14.8 Å². The van der Waals surface area contributed by atoms with Gasteiger partial charge >= 0.3 is 6.03 Å². The SMILES string of the molecule is CC(C(=O)NC(N)=O)N1CCN(S(=O)(=O)c2cccc(Br)c2)CC1. The van der Waals surface area contributed by atoms with E-state index in [0.29, 0.717) is 17.6 Å². The molecule has 1 fully saturated rings. The average Bonchev–Trinajstić information content (AvgIpc) is 2.53. The second-order valence-corrected chi connectivity index (χ2v) is 8.28. The Balaban J connectivity index is 2.02. The molecule has 1 aliphatic heterocycles. The van der Waals surface area contributed by atoms with Crippen molar-refractivity contribution in [2.75, 3.05) is 26.2 Å². The number of carbonyl (C=O) groups is 2. The predicted octanol–water partition coefficient (Wildman–Crippen LogP) is 0.339. The lowest BCUT2D eigenvalue weighted by molar-refractivity contribution is -0.125. The van der Waals surface area contributed by atoms with Crippen molar-refractivity contribution in [3.8, 4) is 0 Å². The summed E-state index contributed by atoms with van der Waals surface area (Å²) >= 11 is 3.27. The quantitative estimate of drug-likeness (QED) is 0.731. The fourth-order valence-corrected chi connectivity index (χ4v) is 4.52. The topological polar surface area (TPSA) is 113 Å². The van der Waals surface area contributed by atoms with Gasteiger partial charge in [-0.15, -0.1) is 0 Å². The van der Waals surface area contributed by atoms with Crippen molar-refractivity contribution in [2.45, 2.75) is 17.9 Å². The maximum atomic E-state index is 12.6. The van der Waals surface area contributed by atoms with Gasteiger partial charge in [0.2, 0.25) is 15.9 Å². The summed E-state index contributed by atoms with van der Waals surface area (Å²) in [4.78, 5) is 24.6. The van der Waals surface area contributed by atoms with Gasteiger partial charge in [-0.1, -0.05) is 22.0 Å². The van der Waals surface area contributed by atoms with Crippen LogP contribution < -0.4 is 11.1 Å². The summed E-state index contributed by atoms with van der Waals surface area (Å²) in [6, 6.07) is 5.08. The predicted molar refractivity (Wildman–Crippen MR) is 91.7 cm³/mol. The second-order valence-electron chi connectivity index (χ2n) is 5.43. The molecule has 0 bridgehead atoms. The Morgan fingerprint density at radius 3 is 2.42 bits per heavy atom. The van der Waals surface area contributed by atoms with Crippen LogP contribution >= 0.6 is 15.9 Å². The molecule has 2 rings (SSSR count). The highest BCUT2D eigenvalue weighted by molar-refractivity contribution is 9.10. The van der Waals surface area contributed by atoms with E-state index < -0.39 is 28.0 Å². The van der Waals surface area contributed by atoms with E-state index in [0.717, 1.165) is 0 Å². The van der Waals surface area contributed by atoms with E-state index in [1.54, 1.807) is 31.2 Å².